The Labute approximate surface area is 78.9 Å². The Bertz CT molecular complexity index is 156. The monoisotopic (exact) mass is 186 g/mol. The van der Waals surface area contributed by atoms with Crippen LogP contribution in [0.2, 0.25) is 0 Å². The molecule has 0 spiro atoms. The van der Waals surface area contributed by atoms with E-state index in [-0.39, 0.29) is 6.17 Å². The third-order valence-corrected chi connectivity index (χ3v) is 2.48. The largest absolute Gasteiger partial charge is 0.390 e. The van der Waals surface area contributed by atoms with E-state index >= 15 is 0 Å². The van der Waals surface area contributed by atoms with E-state index in [0.29, 0.717) is 6.41 Å². The first kappa shape index (κ1) is 10.5. The third kappa shape index (κ3) is 2.97. The molecule has 13 heavy (non-hydrogen) atoms. The molecule has 1 rings (SSSR count). The summed E-state index contributed by atoms with van der Waals surface area (Å²) in [5, 5.41) is 12.1. The van der Waals surface area contributed by atoms with Gasteiger partial charge in [0.1, 0.15) is 6.17 Å². The molecular weight excluding hydrogens is 168 g/mol. The molecule has 0 aromatic rings. The average Bonchev–Trinajstić information content (AvgIpc) is 2.15. The summed E-state index contributed by atoms with van der Waals surface area (Å²) in [4.78, 5) is 12.4. The van der Waals surface area contributed by atoms with Crippen LogP contribution in [0.25, 0.3) is 0 Å². The normalized spacial score (nSPS) is 23.5. The predicted octanol–water partition coefficient (Wildman–Crippen LogP) is -0.0748. The Hall–Kier alpha value is -0.610. The Balaban J connectivity index is 2.46. The van der Waals surface area contributed by atoms with Crippen LogP contribution in [0.5, 0.6) is 0 Å². The number of carbonyl (C=O) groups excluding carboxylic acids is 1. The van der Waals surface area contributed by atoms with Crippen molar-refractivity contribution in [3.05, 3.63) is 0 Å². The molecule has 4 heteroatoms. The Morgan fingerprint density at radius 1 is 1.38 bits per heavy atom. The molecule has 1 fully saturated rings. The van der Waals surface area contributed by atoms with Gasteiger partial charge in [0.15, 0.2) is 0 Å². The lowest BCUT2D eigenvalue weighted by Gasteiger charge is -2.35. The fraction of sp³-hybridized carbons (Fsp3) is 0.889. The van der Waals surface area contributed by atoms with Gasteiger partial charge in [-0.15, -0.1) is 0 Å². The number of hydrogen-bond donors (Lipinski definition) is 2. The van der Waals surface area contributed by atoms with Crippen LogP contribution < -0.4 is 5.32 Å². The molecule has 4 nitrogen and oxygen atoms in total. The quantitative estimate of drug-likeness (QED) is 0.604. The maximum atomic E-state index is 10.3. The van der Waals surface area contributed by atoms with E-state index in [9.17, 15) is 9.90 Å². The van der Waals surface area contributed by atoms with Crippen LogP contribution in [0, 0.1) is 0 Å². The van der Waals surface area contributed by atoms with Crippen molar-refractivity contribution >= 4 is 6.41 Å². The minimum Gasteiger partial charge on any atom is -0.390 e. The number of carbonyl (C=O) groups is 1. The van der Waals surface area contributed by atoms with Crippen LogP contribution in [-0.2, 0) is 4.79 Å². The second-order valence-electron chi connectivity index (χ2n) is 3.57. The van der Waals surface area contributed by atoms with Crippen molar-refractivity contribution in [1.82, 2.24) is 10.2 Å². The summed E-state index contributed by atoms with van der Waals surface area (Å²) in [5.74, 6) is 0. The molecule has 0 aromatic heterocycles. The van der Waals surface area contributed by atoms with E-state index < -0.39 is 6.10 Å². The number of aliphatic hydroxyl groups excluding tert-OH is 1. The molecule has 2 N–H and O–H groups in total. The number of amides is 1. The molecule has 0 saturated carbocycles. The first-order chi connectivity index (χ1) is 6.25. The van der Waals surface area contributed by atoms with Crippen molar-refractivity contribution in [3.63, 3.8) is 0 Å². The zero-order chi connectivity index (χ0) is 9.68. The van der Waals surface area contributed by atoms with E-state index in [2.05, 4.69) is 10.2 Å². The number of nitrogens with one attached hydrogen (secondary N) is 1. The first-order valence-electron chi connectivity index (χ1n) is 4.87. The van der Waals surface area contributed by atoms with Crippen LogP contribution in [0.3, 0.4) is 0 Å². The van der Waals surface area contributed by atoms with Gasteiger partial charge in [0.2, 0.25) is 6.41 Å². The molecule has 1 heterocycles. The molecule has 2 unspecified atom stereocenters. The van der Waals surface area contributed by atoms with Crippen LogP contribution in [-0.4, -0.2) is 41.8 Å². The second-order valence-corrected chi connectivity index (χ2v) is 3.57. The standard InChI is InChI=1S/C9H18N2O2/c1-8(13)9(10-7-12)11-5-3-2-4-6-11/h7-9,13H,2-6H2,1H3,(H,10,12). The SMILES string of the molecule is CC(O)C(NC=O)N1CCCCC1. The van der Waals surface area contributed by atoms with Gasteiger partial charge in [0, 0.05) is 13.1 Å². The summed E-state index contributed by atoms with van der Waals surface area (Å²) >= 11 is 0. The van der Waals surface area contributed by atoms with Crippen LogP contribution in [0.15, 0.2) is 0 Å². The Morgan fingerprint density at radius 2 is 2.00 bits per heavy atom. The van der Waals surface area contributed by atoms with E-state index in [1.54, 1.807) is 6.92 Å². The van der Waals surface area contributed by atoms with Gasteiger partial charge < -0.3 is 10.4 Å². The smallest absolute Gasteiger partial charge is 0.208 e. The second kappa shape index (κ2) is 5.19. The zero-order valence-electron chi connectivity index (χ0n) is 8.07. The van der Waals surface area contributed by atoms with Gasteiger partial charge >= 0.3 is 0 Å². The summed E-state index contributed by atoms with van der Waals surface area (Å²) in [6.07, 6.45) is 3.50. The molecule has 1 aliphatic heterocycles. The van der Waals surface area contributed by atoms with Gasteiger partial charge in [-0.3, -0.25) is 9.69 Å². The van der Waals surface area contributed by atoms with Gasteiger partial charge in [-0.2, -0.15) is 0 Å². The Morgan fingerprint density at radius 3 is 2.46 bits per heavy atom. The van der Waals surface area contributed by atoms with Gasteiger partial charge in [-0.25, -0.2) is 0 Å². The summed E-state index contributed by atoms with van der Waals surface area (Å²) in [6, 6.07) is 0. The molecule has 0 aliphatic carbocycles. The van der Waals surface area contributed by atoms with Gasteiger partial charge in [-0.1, -0.05) is 6.42 Å². The number of aliphatic hydroxyl groups is 1. The van der Waals surface area contributed by atoms with Crippen LogP contribution in [0.1, 0.15) is 26.2 Å². The third-order valence-electron chi connectivity index (χ3n) is 2.48. The lowest BCUT2D eigenvalue weighted by atomic mass is 10.1. The van der Waals surface area contributed by atoms with Gasteiger partial charge in [-0.05, 0) is 19.8 Å². The molecular formula is C9H18N2O2. The van der Waals surface area contributed by atoms with Crippen molar-refractivity contribution in [2.75, 3.05) is 13.1 Å². The van der Waals surface area contributed by atoms with Crippen molar-refractivity contribution < 1.29 is 9.90 Å². The van der Waals surface area contributed by atoms with Crippen molar-refractivity contribution in [2.45, 2.75) is 38.5 Å². The maximum Gasteiger partial charge on any atom is 0.208 e. The summed E-state index contributed by atoms with van der Waals surface area (Å²) in [5.41, 5.74) is 0. The molecule has 1 amide bonds. The molecule has 2 atom stereocenters. The minimum atomic E-state index is -0.511. The predicted molar refractivity (Wildman–Crippen MR) is 50.1 cm³/mol. The fourth-order valence-electron chi connectivity index (χ4n) is 1.82. The number of nitrogens with zero attached hydrogens (tertiary/aromatic N) is 1. The fourth-order valence-corrected chi connectivity index (χ4v) is 1.82. The molecule has 0 bridgehead atoms. The van der Waals surface area contributed by atoms with E-state index in [4.69, 9.17) is 0 Å². The number of rotatable bonds is 4. The highest BCUT2D eigenvalue weighted by Gasteiger charge is 2.23. The summed E-state index contributed by atoms with van der Waals surface area (Å²) < 4.78 is 0. The highest BCUT2D eigenvalue weighted by Crippen LogP contribution is 2.12. The number of likely N-dealkylation sites (tertiary alicyclic amines) is 1. The minimum absolute atomic E-state index is 0.210. The van der Waals surface area contributed by atoms with Crippen LogP contribution in [0.4, 0.5) is 0 Å². The molecule has 1 saturated heterocycles. The first-order valence-corrected chi connectivity index (χ1v) is 4.87. The number of piperidine rings is 1. The van der Waals surface area contributed by atoms with Crippen molar-refractivity contribution in [1.29, 1.82) is 0 Å². The van der Waals surface area contributed by atoms with Crippen molar-refractivity contribution in [3.8, 4) is 0 Å². The molecule has 0 aromatic carbocycles. The van der Waals surface area contributed by atoms with E-state index in [1.807, 2.05) is 0 Å². The van der Waals surface area contributed by atoms with E-state index in [0.717, 1.165) is 25.9 Å². The maximum absolute atomic E-state index is 10.3. The average molecular weight is 186 g/mol. The van der Waals surface area contributed by atoms with E-state index in [1.165, 1.54) is 6.42 Å². The molecule has 76 valence electrons. The topological polar surface area (TPSA) is 52.6 Å². The van der Waals surface area contributed by atoms with Crippen LogP contribution >= 0.6 is 0 Å². The van der Waals surface area contributed by atoms with Crippen molar-refractivity contribution in [2.24, 2.45) is 0 Å². The molecule has 0 radical (unpaired) electrons. The lowest BCUT2D eigenvalue weighted by Crippen LogP contribution is -2.53. The highest BCUT2D eigenvalue weighted by atomic mass is 16.3. The Kier molecular flexibility index (Phi) is 4.18. The highest BCUT2D eigenvalue weighted by molar-refractivity contribution is 5.46. The zero-order valence-corrected chi connectivity index (χ0v) is 8.07. The number of hydrogen-bond acceptors (Lipinski definition) is 3. The summed E-state index contributed by atoms with van der Waals surface area (Å²) in [6.45, 7) is 3.64. The van der Waals surface area contributed by atoms with Gasteiger partial charge in [0.05, 0.1) is 6.10 Å². The lowest BCUT2D eigenvalue weighted by molar-refractivity contribution is -0.113. The summed E-state index contributed by atoms with van der Waals surface area (Å²) in [7, 11) is 0. The molecule has 1 aliphatic rings. The van der Waals surface area contributed by atoms with Gasteiger partial charge in [0.25, 0.3) is 0 Å².